The van der Waals surface area contributed by atoms with E-state index in [1.54, 1.807) is 11.4 Å². The van der Waals surface area contributed by atoms with E-state index in [0.29, 0.717) is 30.2 Å². The van der Waals surface area contributed by atoms with Gasteiger partial charge in [0.15, 0.2) is 11.2 Å². The van der Waals surface area contributed by atoms with Gasteiger partial charge < -0.3 is 4.74 Å². The maximum absolute atomic E-state index is 13.2. The van der Waals surface area contributed by atoms with E-state index in [4.69, 9.17) is 9.72 Å². The zero-order valence-corrected chi connectivity index (χ0v) is 17.2. The van der Waals surface area contributed by atoms with E-state index in [1.807, 2.05) is 42.8 Å². The molecule has 3 aromatic heterocycles. The third-order valence-electron chi connectivity index (χ3n) is 5.30. The molecule has 1 aromatic carbocycles. The standard InChI is InChI=1S/C21H25N5O3/c1-5-15-9-7-8-10-16(15)26-14(3)13-25-17-18(22-20(25)26)23(4)21(28)24(19(17)27)11-12-29-6-2/h7-10,13H,5-6,11-12H2,1-4H3. The minimum atomic E-state index is -0.389. The maximum Gasteiger partial charge on any atom is 0.332 e. The van der Waals surface area contributed by atoms with Crippen LogP contribution in [0.3, 0.4) is 0 Å². The second kappa shape index (κ2) is 7.36. The van der Waals surface area contributed by atoms with Gasteiger partial charge in [-0.1, -0.05) is 25.1 Å². The number of benzene rings is 1. The van der Waals surface area contributed by atoms with Gasteiger partial charge in [-0.05, 0) is 31.9 Å². The van der Waals surface area contributed by atoms with Gasteiger partial charge in [0.2, 0.25) is 5.78 Å². The highest BCUT2D eigenvalue weighted by Gasteiger charge is 2.21. The van der Waals surface area contributed by atoms with Gasteiger partial charge in [-0.25, -0.2) is 4.79 Å². The van der Waals surface area contributed by atoms with E-state index in [-0.39, 0.29) is 17.8 Å². The Hall–Kier alpha value is -3.13. The van der Waals surface area contributed by atoms with Crippen molar-refractivity contribution in [1.29, 1.82) is 0 Å². The van der Waals surface area contributed by atoms with E-state index in [9.17, 15) is 9.59 Å². The fraction of sp³-hybridized carbons (Fsp3) is 0.381. The first-order valence-corrected chi connectivity index (χ1v) is 9.85. The number of aromatic nitrogens is 5. The molecule has 0 N–H and O–H groups in total. The van der Waals surface area contributed by atoms with Crippen molar-refractivity contribution >= 4 is 16.9 Å². The maximum atomic E-state index is 13.2. The molecule has 0 radical (unpaired) electrons. The second-order valence-electron chi connectivity index (χ2n) is 7.04. The predicted octanol–water partition coefficient (Wildman–Crippen LogP) is 2.05. The number of fused-ring (bicyclic) bond motifs is 3. The SMILES string of the molecule is CCOCCn1c(=O)c2c(nc3n(-c4ccccc4CC)c(C)cn23)n(C)c1=O. The molecule has 152 valence electrons. The van der Waals surface area contributed by atoms with Gasteiger partial charge >= 0.3 is 5.69 Å². The monoisotopic (exact) mass is 395 g/mol. The van der Waals surface area contributed by atoms with Gasteiger partial charge in [-0.3, -0.25) is 22.9 Å². The predicted molar refractivity (Wildman–Crippen MR) is 112 cm³/mol. The van der Waals surface area contributed by atoms with Crippen LogP contribution in [0.4, 0.5) is 0 Å². The van der Waals surface area contributed by atoms with Crippen molar-refractivity contribution in [3.8, 4) is 5.69 Å². The lowest BCUT2D eigenvalue weighted by Gasteiger charge is -2.10. The second-order valence-corrected chi connectivity index (χ2v) is 7.04. The average Bonchev–Trinajstić information content (AvgIpc) is 3.23. The summed E-state index contributed by atoms with van der Waals surface area (Å²) in [5.41, 5.74) is 3.21. The molecule has 3 heterocycles. The zero-order chi connectivity index (χ0) is 20.7. The lowest BCUT2D eigenvalue weighted by Crippen LogP contribution is -2.40. The van der Waals surface area contributed by atoms with E-state index in [1.165, 1.54) is 14.7 Å². The summed E-state index contributed by atoms with van der Waals surface area (Å²) in [6.45, 7) is 7.03. The summed E-state index contributed by atoms with van der Waals surface area (Å²) in [6, 6.07) is 8.14. The number of ether oxygens (including phenoxy) is 1. The molecule has 0 aliphatic rings. The minimum Gasteiger partial charge on any atom is -0.380 e. The van der Waals surface area contributed by atoms with Gasteiger partial charge in [-0.2, -0.15) is 4.98 Å². The number of hydrogen-bond donors (Lipinski definition) is 0. The van der Waals surface area contributed by atoms with Crippen molar-refractivity contribution in [2.75, 3.05) is 13.2 Å². The van der Waals surface area contributed by atoms with Crippen molar-refractivity contribution in [2.24, 2.45) is 7.05 Å². The van der Waals surface area contributed by atoms with Crippen LogP contribution in [-0.2, 0) is 24.8 Å². The Kier molecular flexibility index (Phi) is 4.87. The van der Waals surface area contributed by atoms with Crippen LogP contribution in [0.2, 0.25) is 0 Å². The summed E-state index contributed by atoms with van der Waals surface area (Å²) in [6.07, 6.45) is 2.78. The Morgan fingerprint density at radius 1 is 1.14 bits per heavy atom. The summed E-state index contributed by atoms with van der Waals surface area (Å²) in [7, 11) is 1.64. The van der Waals surface area contributed by atoms with E-state index < -0.39 is 0 Å². The molecular weight excluding hydrogens is 370 g/mol. The van der Waals surface area contributed by atoms with Gasteiger partial charge in [0, 0.05) is 25.5 Å². The van der Waals surface area contributed by atoms with Gasteiger partial charge in [0.1, 0.15) is 0 Å². The van der Waals surface area contributed by atoms with Crippen LogP contribution in [0.25, 0.3) is 22.6 Å². The molecule has 8 heteroatoms. The Labute approximate surface area is 167 Å². The molecule has 0 aliphatic carbocycles. The number of nitrogens with zero attached hydrogens (tertiary/aromatic N) is 5. The van der Waals surface area contributed by atoms with Crippen LogP contribution in [0.15, 0.2) is 40.1 Å². The highest BCUT2D eigenvalue weighted by Crippen LogP contribution is 2.23. The van der Waals surface area contributed by atoms with Gasteiger partial charge in [-0.15, -0.1) is 0 Å². The molecular formula is C21H25N5O3. The number of rotatable bonds is 6. The van der Waals surface area contributed by atoms with E-state index >= 15 is 0 Å². The number of para-hydroxylation sites is 1. The molecule has 0 saturated carbocycles. The Morgan fingerprint density at radius 2 is 1.90 bits per heavy atom. The molecule has 0 saturated heterocycles. The van der Waals surface area contributed by atoms with Crippen LogP contribution in [0.1, 0.15) is 25.1 Å². The highest BCUT2D eigenvalue weighted by molar-refractivity contribution is 5.76. The third-order valence-corrected chi connectivity index (χ3v) is 5.30. The number of hydrogen-bond acceptors (Lipinski definition) is 4. The normalized spacial score (nSPS) is 11.7. The number of imidazole rings is 2. The Balaban J connectivity index is 2.03. The van der Waals surface area contributed by atoms with Crippen LogP contribution in [0, 0.1) is 6.92 Å². The Bertz CT molecular complexity index is 1320. The number of aryl methyl sites for hydroxylation is 3. The van der Waals surface area contributed by atoms with Crippen LogP contribution < -0.4 is 11.2 Å². The third kappa shape index (κ3) is 2.91. The van der Waals surface area contributed by atoms with Crippen molar-refractivity contribution in [3.63, 3.8) is 0 Å². The molecule has 0 spiro atoms. The lowest BCUT2D eigenvalue weighted by atomic mass is 10.1. The molecule has 4 aromatic rings. The fourth-order valence-electron chi connectivity index (χ4n) is 3.83. The fourth-order valence-corrected chi connectivity index (χ4v) is 3.83. The minimum absolute atomic E-state index is 0.209. The van der Waals surface area contributed by atoms with Crippen LogP contribution >= 0.6 is 0 Å². The summed E-state index contributed by atoms with van der Waals surface area (Å²) >= 11 is 0. The van der Waals surface area contributed by atoms with Gasteiger partial charge in [0.05, 0.1) is 18.8 Å². The molecule has 0 unspecified atom stereocenters. The quantitative estimate of drug-likeness (QED) is 0.468. The highest BCUT2D eigenvalue weighted by atomic mass is 16.5. The van der Waals surface area contributed by atoms with E-state index in [2.05, 4.69) is 13.0 Å². The summed E-state index contributed by atoms with van der Waals surface area (Å²) in [5.74, 6) is 0.619. The zero-order valence-electron chi connectivity index (χ0n) is 17.2. The molecule has 0 bridgehead atoms. The average molecular weight is 395 g/mol. The first-order valence-electron chi connectivity index (χ1n) is 9.85. The lowest BCUT2D eigenvalue weighted by molar-refractivity contribution is 0.137. The molecule has 0 fully saturated rings. The summed E-state index contributed by atoms with van der Waals surface area (Å²) in [4.78, 5) is 30.6. The van der Waals surface area contributed by atoms with E-state index in [0.717, 1.165) is 17.8 Å². The van der Waals surface area contributed by atoms with Gasteiger partial charge in [0.25, 0.3) is 5.56 Å². The molecule has 0 amide bonds. The Morgan fingerprint density at radius 3 is 2.62 bits per heavy atom. The van der Waals surface area contributed by atoms with Crippen molar-refractivity contribution in [2.45, 2.75) is 33.7 Å². The molecule has 0 atom stereocenters. The smallest absolute Gasteiger partial charge is 0.332 e. The summed E-state index contributed by atoms with van der Waals surface area (Å²) < 4.78 is 11.8. The summed E-state index contributed by atoms with van der Waals surface area (Å²) in [5, 5.41) is 0. The molecule has 4 rings (SSSR count). The van der Waals surface area contributed by atoms with Crippen molar-refractivity contribution in [1.82, 2.24) is 23.1 Å². The van der Waals surface area contributed by atoms with Crippen LogP contribution in [-0.4, -0.2) is 36.3 Å². The molecule has 0 aliphatic heterocycles. The molecule has 8 nitrogen and oxygen atoms in total. The van der Waals surface area contributed by atoms with Crippen molar-refractivity contribution < 1.29 is 4.74 Å². The first kappa shape index (κ1) is 19.2. The van der Waals surface area contributed by atoms with Crippen molar-refractivity contribution in [3.05, 3.63) is 62.6 Å². The topological polar surface area (TPSA) is 75.5 Å². The van der Waals surface area contributed by atoms with Crippen LogP contribution in [0.5, 0.6) is 0 Å². The largest absolute Gasteiger partial charge is 0.380 e. The molecule has 29 heavy (non-hydrogen) atoms. The first-order chi connectivity index (χ1) is 14.0.